The van der Waals surface area contributed by atoms with Crippen LogP contribution in [0.4, 0.5) is 5.69 Å². The molecule has 0 aromatic heterocycles. The van der Waals surface area contributed by atoms with Crippen molar-refractivity contribution < 1.29 is 9.53 Å². The summed E-state index contributed by atoms with van der Waals surface area (Å²) < 4.78 is 5.32. The second kappa shape index (κ2) is 4.94. The molecular weight excluding hydrogens is 262 g/mol. The van der Waals surface area contributed by atoms with Crippen molar-refractivity contribution in [2.24, 2.45) is 0 Å². The second-order valence-electron chi connectivity index (χ2n) is 4.37. The largest absolute Gasteiger partial charge is 0.482 e. The van der Waals surface area contributed by atoms with E-state index in [9.17, 15) is 4.79 Å². The van der Waals surface area contributed by atoms with Crippen LogP contribution in [0.15, 0.2) is 48.5 Å². The third kappa shape index (κ3) is 2.42. The van der Waals surface area contributed by atoms with Crippen LogP contribution in [0.25, 0.3) is 0 Å². The lowest BCUT2D eigenvalue weighted by Gasteiger charge is -2.19. The van der Waals surface area contributed by atoms with E-state index in [1.54, 1.807) is 0 Å². The van der Waals surface area contributed by atoms with Crippen molar-refractivity contribution in [3.05, 3.63) is 59.7 Å². The smallest absolute Gasteiger partial charge is 0.262 e. The Balaban J connectivity index is 1.94. The number of rotatable bonds is 2. The summed E-state index contributed by atoms with van der Waals surface area (Å²) in [7, 11) is 0. The van der Waals surface area contributed by atoms with E-state index in [2.05, 4.69) is 5.32 Å². The van der Waals surface area contributed by atoms with Crippen LogP contribution in [0.1, 0.15) is 16.5 Å². The van der Waals surface area contributed by atoms with Crippen LogP contribution >= 0.6 is 11.6 Å². The quantitative estimate of drug-likeness (QED) is 0.852. The van der Waals surface area contributed by atoms with Crippen LogP contribution in [0, 0.1) is 0 Å². The summed E-state index contributed by atoms with van der Waals surface area (Å²) in [6.07, 6.45) is 0. The maximum Gasteiger partial charge on any atom is 0.262 e. The second-order valence-corrected chi connectivity index (χ2v) is 4.80. The summed E-state index contributed by atoms with van der Waals surface area (Å²) in [5, 5.41) is 2.54. The van der Waals surface area contributed by atoms with E-state index < -0.39 is 0 Å². The van der Waals surface area contributed by atoms with Gasteiger partial charge in [0.05, 0.1) is 11.1 Å². The molecule has 1 unspecified atom stereocenters. The molecule has 1 aliphatic rings. The zero-order valence-corrected chi connectivity index (χ0v) is 10.9. The van der Waals surface area contributed by atoms with Gasteiger partial charge in [0.25, 0.3) is 5.91 Å². The molecule has 2 aromatic rings. The Morgan fingerprint density at radius 2 is 1.89 bits per heavy atom. The highest BCUT2D eigenvalue weighted by Gasteiger charge is 2.18. The molecule has 19 heavy (non-hydrogen) atoms. The molecule has 1 amide bonds. The van der Waals surface area contributed by atoms with Crippen LogP contribution in [0.3, 0.4) is 0 Å². The van der Waals surface area contributed by atoms with E-state index in [1.165, 1.54) is 0 Å². The molecule has 1 heterocycles. The normalized spacial score (nSPS) is 15.1. The Bertz CT molecular complexity index is 613. The summed E-state index contributed by atoms with van der Waals surface area (Å²) in [4.78, 5) is 11.3. The molecular formula is C15H12ClNO2. The van der Waals surface area contributed by atoms with Crippen LogP contribution in [0.5, 0.6) is 5.75 Å². The molecule has 4 heteroatoms. The fourth-order valence-corrected chi connectivity index (χ4v) is 2.35. The first kappa shape index (κ1) is 12.1. The predicted octanol–water partition coefficient (Wildman–Crippen LogP) is 3.35. The minimum absolute atomic E-state index is 0.0648. The molecule has 0 bridgehead atoms. The van der Waals surface area contributed by atoms with Crippen LogP contribution in [-0.2, 0) is 4.79 Å². The molecule has 96 valence electrons. The number of amides is 1. The first-order valence-electron chi connectivity index (χ1n) is 5.99. The Labute approximate surface area is 116 Å². The highest BCUT2D eigenvalue weighted by Crippen LogP contribution is 2.35. The predicted molar refractivity (Wildman–Crippen MR) is 74.7 cm³/mol. The lowest BCUT2D eigenvalue weighted by atomic mass is 10.0. The van der Waals surface area contributed by atoms with Crippen molar-refractivity contribution in [3.63, 3.8) is 0 Å². The molecule has 0 saturated carbocycles. The molecule has 1 atom stereocenters. The number of halogens is 1. The van der Waals surface area contributed by atoms with E-state index in [0.29, 0.717) is 11.4 Å². The number of ether oxygens (including phenoxy) is 1. The topological polar surface area (TPSA) is 38.3 Å². The van der Waals surface area contributed by atoms with Crippen LogP contribution in [-0.4, -0.2) is 12.5 Å². The molecule has 0 saturated heterocycles. The summed E-state index contributed by atoms with van der Waals surface area (Å²) in [6.45, 7) is 0.0648. The number of hydrogen-bond donors (Lipinski definition) is 1. The molecule has 1 N–H and O–H groups in total. The average molecular weight is 274 g/mol. The number of benzene rings is 2. The van der Waals surface area contributed by atoms with Gasteiger partial charge >= 0.3 is 0 Å². The molecule has 0 aliphatic carbocycles. The van der Waals surface area contributed by atoms with Crippen molar-refractivity contribution >= 4 is 23.2 Å². The van der Waals surface area contributed by atoms with Gasteiger partial charge in [-0.15, -0.1) is 11.6 Å². The van der Waals surface area contributed by atoms with Crippen molar-refractivity contribution in [3.8, 4) is 5.75 Å². The minimum atomic E-state index is -0.245. The van der Waals surface area contributed by atoms with Gasteiger partial charge in [-0.1, -0.05) is 36.4 Å². The molecule has 2 aromatic carbocycles. The van der Waals surface area contributed by atoms with Crippen molar-refractivity contribution in [2.45, 2.75) is 5.38 Å². The first-order valence-corrected chi connectivity index (χ1v) is 6.43. The van der Waals surface area contributed by atoms with Gasteiger partial charge in [-0.25, -0.2) is 0 Å². The van der Waals surface area contributed by atoms with Gasteiger partial charge in [0, 0.05) is 0 Å². The highest BCUT2D eigenvalue weighted by atomic mass is 35.5. The number of hydrogen-bond acceptors (Lipinski definition) is 2. The Morgan fingerprint density at radius 3 is 2.68 bits per heavy atom. The standard InChI is InChI=1S/C15H12ClNO2/c16-15(10-4-2-1-3-5-10)11-6-7-13-12(8-11)17-14(18)9-19-13/h1-8,15H,9H2,(H,17,18). The van der Waals surface area contributed by atoms with Gasteiger partial charge in [0.1, 0.15) is 5.75 Å². The molecule has 3 rings (SSSR count). The fraction of sp³-hybridized carbons (Fsp3) is 0.133. The Morgan fingerprint density at radius 1 is 1.11 bits per heavy atom. The number of carbonyl (C=O) groups is 1. The maximum absolute atomic E-state index is 11.3. The molecule has 0 fully saturated rings. The lowest BCUT2D eigenvalue weighted by molar-refractivity contribution is -0.118. The van der Waals surface area contributed by atoms with Gasteiger partial charge in [-0.3, -0.25) is 4.79 Å². The number of fused-ring (bicyclic) bond motifs is 1. The zero-order valence-electron chi connectivity index (χ0n) is 10.1. The van der Waals surface area contributed by atoms with E-state index in [4.69, 9.17) is 16.3 Å². The highest BCUT2D eigenvalue weighted by molar-refractivity contribution is 6.22. The monoisotopic (exact) mass is 273 g/mol. The van der Waals surface area contributed by atoms with Gasteiger partial charge in [-0.05, 0) is 23.3 Å². The van der Waals surface area contributed by atoms with E-state index in [1.807, 2.05) is 48.5 Å². The Kier molecular flexibility index (Phi) is 3.13. The number of carbonyl (C=O) groups excluding carboxylic acids is 1. The maximum atomic E-state index is 11.3. The van der Waals surface area contributed by atoms with Crippen molar-refractivity contribution in [2.75, 3.05) is 11.9 Å². The van der Waals surface area contributed by atoms with Gasteiger partial charge in [-0.2, -0.15) is 0 Å². The van der Waals surface area contributed by atoms with Crippen LogP contribution in [0.2, 0.25) is 0 Å². The molecule has 0 radical (unpaired) electrons. The lowest BCUT2D eigenvalue weighted by Crippen LogP contribution is -2.25. The SMILES string of the molecule is O=C1COc2ccc(C(Cl)c3ccccc3)cc2N1. The Hall–Kier alpha value is -2.00. The summed E-state index contributed by atoms with van der Waals surface area (Å²) in [5.41, 5.74) is 2.62. The van der Waals surface area contributed by atoms with Crippen molar-refractivity contribution in [1.82, 2.24) is 0 Å². The van der Waals surface area contributed by atoms with Crippen LogP contribution < -0.4 is 10.1 Å². The van der Waals surface area contributed by atoms with E-state index in [0.717, 1.165) is 11.1 Å². The number of anilines is 1. The van der Waals surface area contributed by atoms with E-state index >= 15 is 0 Å². The number of alkyl halides is 1. The third-order valence-electron chi connectivity index (χ3n) is 3.02. The summed E-state index contributed by atoms with van der Waals surface area (Å²) >= 11 is 6.46. The first-order chi connectivity index (χ1) is 9.24. The molecule has 3 nitrogen and oxygen atoms in total. The number of nitrogens with one attached hydrogen (secondary N) is 1. The van der Waals surface area contributed by atoms with Crippen molar-refractivity contribution in [1.29, 1.82) is 0 Å². The van der Waals surface area contributed by atoms with Gasteiger partial charge < -0.3 is 10.1 Å². The average Bonchev–Trinajstić information content (AvgIpc) is 2.46. The summed E-state index contributed by atoms with van der Waals surface area (Å²) in [5.74, 6) is 0.538. The van der Waals surface area contributed by atoms with Gasteiger partial charge in [0.2, 0.25) is 0 Å². The summed E-state index contributed by atoms with van der Waals surface area (Å²) in [6, 6.07) is 15.4. The van der Waals surface area contributed by atoms with Gasteiger partial charge in [0.15, 0.2) is 6.61 Å². The fourth-order valence-electron chi connectivity index (χ4n) is 2.07. The zero-order chi connectivity index (χ0) is 13.2. The third-order valence-corrected chi connectivity index (χ3v) is 3.53. The minimum Gasteiger partial charge on any atom is -0.482 e. The molecule has 0 spiro atoms. The van der Waals surface area contributed by atoms with E-state index in [-0.39, 0.29) is 17.9 Å². The molecule has 1 aliphatic heterocycles.